The molecule has 1 aromatic rings. The van der Waals surface area contributed by atoms with E-state index in [2.05, 4.69) is 5.32 Å². The van der Waals surface area contributed by atoms with Crippen LogP contribution < -0.4 is 10.1 Å². The highest BCUT2D eigenvalue weighted by atomic mass is 35.5. The maximum atomic E-state index is 11.4. The lowest BCUT2D eigenvalue weighted by Gasteiger charge is -2.14. The Morgan fingerprint density at radius 3 is 2.65 bits per heavy atom. The molecule has 0 aromatic heterocycles. The van der Waals surface area contributed by atoms with Gasteiger partial charge in [-0.2, -0.15) is 0 Å². The quantitative estimate of drug-likeness (QED) is 0.897. The van der Waals surface area contributed by atoms with Crippen molar-refractivity contribution in [2.45, 2.75) is 19.0 Å². The molecule has 0 radical (unpaired) electrons. The number of sulfone groups is 1. The summed E-state index contributed by atoms with van der Waals surface area (Å²) in [6.07, 6.45) is 0.638. The van der Waals surface area contributed by atoms with Gasteiger partial charge in [0.1, 0.15) is 5.75 Å². The molecular formula is C12H16Cl3NO3S. The van der Waals surface area contributed by atoms with E-state index in [9.17, 15) is 8.42 Å². The molecule has 1 heterocycles. The summed E-state index contributed by atoms with van der Waals surface area (Å²) in [5.41, 5.74) is 0.823. The molecule has 1 atom stereocenters. The summed E-state index contributed by atoms with van der Waals surface area (Å²) in [4.78, 5) is 0. The highest BCUT2D eigenvalue weighted by Gasteiger charge is 2.27. The van der Waals surface area contributed by atoms with E-state index in [1.54, 1.807) is 19.2 Å². The second-order valence-corrected chi connectivity index (χ2v) is 7.63. The zero-order valence-corrected chi connectivity index (χ0v) is 14.0. The lowest BCUT2D eigenvalue weighted by Crippen LogP contribution is -2.29. The Morgan fingerprint density at radius 1 is 1.40 bits per heavy atom. The van der Waals surface area contributed by atoms with E-state index in [-0.39, 0.29) is 30.0 Å². The fourth-order valence-electron chi connectivity index (χ4n) is 2.18. The van der Waals surface area contributed by atoms with Gasteiger partial charge < -0.3 is 10.1 Å². The van der Waals surface area contributed by atoms with E-state index < -0.39 is 9.84 Å². The highest BCUT2D eigenvalue weighted by molar-refractivity contribution is 7.91. The molecule has 8 heteroatoms. The predicted octanol–water partition coefficient (Wildman–Crippen LogP) is 2.70. The van der Waals surface area contributed by atoms with Crippen molar-refractivity contribution in [3.05, 3.63) is 27.7 Å². The molecule has 1 aromatic carbocycles. The maximum Gasteiger partial charge on any atom is 0.151 e. The molecule has 1 unspecified atom stereocenters. The lowest BCUT2D eigenvalue weighted by molar-refractivity contribution is 0.406. The predicted molar refractivity (Wildman–Crippen MR) is 84.2 cm³/mol. The minimum Gasteiger partial charge on any atom is -0.495 e. The molecule has 1 saturated heterocycles. The molecule has 1 aliphatic rings. The monoisotopic (exact) mass is 359 g/mol. The molecule has 0 aliphatic carbocycles. The van der Waals surface area contributed by atoms with Crippen molar-refractivity contribution in [2.24, 2.45) is 0 Å². The van der Waals surface area contributed by atoms with Crippen LogP contribution in [0.2, 0.25) is 10.0 Å². The first-order valence-electron chi connectivity index (χ1n) is 5.87. The number of methoxy groups -OCH3 is 1. The van der Waals surface area contributed by atoms with Gasteiger partial charge in [-0.3, -0.25) is 0 Å². The van der Waals surface area contributed by atoms with Gasteiger partial charge in [0.15, 0.2) is 9.84 Å². The fraction of sp³-hybridized carbons (Fsp3) is 0.500. The summed E-state index contributed by atoms with van der Waals surface area (Å²) >= 11 is 12.0. The minimum atomic E-state index is -2.88. The van der Waals surface area contributed by atoms with Crippen molar-refractivity contribution in [3.8, 4) is 5.75 Å². The zero-order valence-electron chi connectivity index (χ0n) is 10.9. The summed E-state index contributed by atoms with van der Waals surface area (Å²) in [7, 11) is -1.34. The Bertz CT molecular complexity index is 578. The molecule has 2 rings (SSSR count). The molecule has 1 fully saturated rings. The summed E-state index contributed by atoms with van der Waals surface area (Å²) in [5.74, 6) is 1.00. The van der Waals surface area contributed by atoms with Gasteiger partial charge in [0, 0.05) is 23.2 Å². The summed E-state index contributed by atoms with van der Waals surface area (Å²) in [6.45, 7) is 0.476. The molecule has 0 spiro atoms. The zero-order chi connectivity index (χ0) is 14.0. The molecule has 1 N–H and O–H groups in total. The highest BCUT2D eigenvalue weighted by Crippen LogP contribution is 2.32. The van der Waals surface area contributed by atoms with Crippen molar-refractivity contribution in [1.29, 1.82) is 0 Å². The van der Waals surface area contributed by atoms with Crippen LogP contribution in [0.3, 0.4) is 0 Å². The van der Waals surface area contributed by atoms with Crippen LogP contribution in [0.5, 0.6) is 5.75 Å². The SMILES string of the molecule is COc1c(Cl)cc(Cl)cc1CNC1CCS(=O)(=O)C1.Cl. The van der Waals surface area contributed by atoms with Crippen LogP contribution in [0.1, 0.15) is 12.0 Å². The van der Waals surface area contributed by atoms with Crippen molar-refractivity contribution in [2.75, 3.05) is 18.6 Å². The Hall–Kier alpha value is -0.200. The first-order chi connectivity index (χ1) is 8.91. The van der Waals surface area contributed by atoms with Gasteiger partial charge in [-0.15, -0.1) is 12.4 Å². The van der Waals surface area contributed by atoms with Crippen molar-refractivity contribution >= 4 is 45.4 Å². The molecule has 0 bridgehead atoms. The van der Waals surface area contributed by atoms with Crippen LogP contribution in [0.4, 0.5) is 0 Å². The molecule has 114 valence electrons. The third kappa shape index (κ3) is 4.40. The number of rotatable bonds is 4. The normalized spacial score (nSPS) is 20.4. The number of hydrogen-bond acceptors (Lipinski definition) is 4. The third-order valence-corrected chi connectivity index (χ3v) is 5.37. The topological polar surface area (TPSA) is 55.4 Å². The summed E-state index contributed by atoms with van der Waals surface area (Å²) in [6, 6.07) is 3.36. The van der Waals surface area contributed by atoms with E-state index in [0.717, 1.165) is 5.56 Å². The van der Waals surface area contributed by atoms with E-state index in [1.807, 2.05) is 0 Å². The molecule has 0 amide bonds. The maximum absolute atomic E-state index is 11.4. The van der Waals surface area contributed by atoms with Crippen LogP contribution in [0.15, 0.2) is 12.1 Å². The van der Waals surface area contributed by atoms with E-state index in [0.29, 0.717) is 28.8 Å². The Balaban J connectivity index is 0.00000200. The fourth-order valence-corrected chi connectivity index (χ4v) is 4.50. The van der Waals surface area contributed by atoms with Crippen LogP contribution in [-0.4, -0.2) is 33.1 Å². The Kier molecular flexibility index (Phi) is 6.41. The molecule has 0 saturated carbocycles. The number of benzene rings is 1. The Morgan fingerprint density at radius 2 is 2.10 bits per heavy atom. The molecule has 1 aliphatic heterocycles. The van der Waals surface area contributed by atoms with Crippen LogP contribution in [0, 0.1) is 0 Å². The number of nitrogens with one attached hydrogen (secondary N) is 1. The van der Waals surface area contributed by atoms with Gasteiger partial charge in [0.25, 0.3) is 0 Å². The number of hydrogen-bond donors (Lipinski definition) is 1. The van der Waals surface area contributed by atoms with Crippen molar-refractivity contribution in [1.82, 2.24) is 5.32 Å². The molecular weight excluding hydrogens is 345 g/mol. The average Bonchev–Trinajstić information content (AvgIpc) is 2.66. The summed E-state index contributed by atoms with van der Waals surface area (Å²) in [5, 5.41) is 4.19. The average molecular weight is 361 g/mol. The van der Waals surface area contributed by atoms with Gasteiger partial charge in [-0.05, 0) is 18.6 Å². The van der Waals surface area contributed by atoms with E-state index in [1.165, 1.54) is 0 Å². The van der Waals surface area contributed by atoms with Gasteiger partial charge in [0.05, 0.1) is 23.6 Å². The number of ether oxygens (including phenoxy) is 1. The second kappa shape index (κ2) is 7.18. The standard InChI is InChI=1S/C12H15Cl2NO3S.ClH/c1-18-12-8(4-9(13)5-11(12)14)6-15-10-2-3-19(16,17)7-10;/h4-5,10,15H,2-3,6-7H2,1H3;1H. The van der Waals surface area contributed by atoms with Gasteiger partial charge >= 0.3 is 0 Å². The van der Waals surface area contributed by atoms with Crippen LogP contribution in [0.25, 0.3) is 0 Å². The molecule has 20 heavy (non-hydrogen) atoms. The minimum absolute atomic E-state index is 0. The molecule has 4 nitrogen and oxygen atoms in total. The first kappa shape index (κ1) is 17.9. The smallest absolute Gasteiger partial charge is 0.151 e. The van der Waals surface area contributed by atoms with Gasteiger partial charge in [0.2, 0.25) is 0 Å². The Labute approximate surface area is 135 Å². The van der Waals surface area contributed by atoms with Gasteiger partial charge in [-0.1, -0.05) is 23.2 Å². The van der Waals surface area contributed by atoms with Crippen LogP contribution >= 0.6 is 35.6 Å². The lowest BCUT2D eigenvalue weighted by atomic mass is 10.1. The first-order valence-corrected chi connectivity index (χ1v) is 8.45. The van der Waals surface area contributed by atoms with E-state index >= 15 is 0 Å². The third-order valence-electron chi connectivity index (χ3n) is 3.10. The van der Waals surface area contributed by atoms with Gasteiger partial charge in [-0.25, -0.2) is 8.42 Å². The van der Waals surface area contributed by atoms with E-state index in [4.69, 9.17) is 27.9 Å². The van der Waals surface area contributed by atoms with Crippen LogP contribution in [-0.2, 0) is 16.4 Å². The van der Waals surface area contributed by atoms with Crippen molar-refractivity contribution in [3.63, 3.8) is 0 Å². The largest absolute Gasteiger partial charge is 0.495 e. The summed E-state index contributed by atoms with van der Waals surface area (Å²) < 4.78 is 28.0. The number of halogens is 3. The second-order valence-electron chi connectivity index (χ2n) is 4.56. The van der Waals surface area contributed by atoms with Crippen molar-refractivity contribution < 1.29 is 13.2 Å².